The quantitative estimate of drug-likeness (QED) is 0.786. The van der Waals surface area contributed by atoms with E-state index >= 15 is 0 Å². The number of piperidine rings is 1. The van der Waals surface area contributed by atoms with Gasteiger partial charge in [-0.1, -0.05) is 18.2 Å². The van der Waals surface area contributed by atoms with Gasteiger partial charge in [0.1, 0.15) is 5.82 Å². The summed E-state index contributed by atoms with van der Waals surface area (Å²) < 4.78 is 0. The first-order valence-corrected chi connectivity index (χ1v) is 9.12. The molecular formula is C21H24N4O. The fourth-order valence-electron chi connectivity index (χ4n) is 3.69. The highest BCUT2D eigenvalue weighted by atomic mass is 16.2. The first kappa shape index (κ1) is 16.6. The number of anilines is 1. The Labute approximate surface area is 153 Å². The number of nitrogens with zero attached hydrogens (tertiary/aromatic N) is 3. The number of carbonyl (C=O) groups is 1. The third-order valence-corrected chi connectivity index (χ3v) is 5.22. The van der Waals surface area contributed by atoms with Crippen LogP contribution in [0.1, 0.15) is 34.8 Å². The third-order valence-electron chi connectivity index (χ3n) is 5.22. The van der Waals surface area contributed by atoms with Crippen LogP contribution < -0.4 is 4.90 Å². The van der Waals surface area contributed by atoms with Gasteiger partial charge in [-0.2, -0.15) is 0 Å². The molecule has 0 radical (unpaired) electrons. The van der Waals surface area contributed by atoms with Gasteiger partial charge in [0.15, 0.2) is 0 Å². The number of fused-ring (bicyclic) bond motifs is 1. The van der Waals surface area contributed by atoms with E-state index in [2.05, 4.69) is 40.3 Å². The van der Waals surface area contributed by atoms with E-state index in [0.717, 1.165) is 31.7 Å². The fraction of sp³-hybridized carbons (Fsp3) is 0.333. The second kappa shape index (κ2) is 6.83. The van der Waals surface area contributed by atoms with E-state index in [1.807, 2.05) is 30.0 Å². The molecule has 5 nitrogen and oxygen atoms in total. The molecule has 0 spiro atoms. The monoisotopic (exact) mass is 348 g/mol. The van der Waals surface area contributed by atoms with Gasteiger partial charge in [0.2, 0.25) is 0 Å². The zero-order chi connectivity index (χ0) is 18.1. The number of hydrogen-bond acceptors (Lipinski definition) is 3. The minimum atomic E-state index is 0.102. The van der Waals surface area contributed by atoms with E-state index in [1.165, 1.54) is 16.6 Å². The first-order valence-electron chi connectivity index (χ1n) is 9.12. The highest BCUT2D eigenvalue weighted by Gasteiger charge is 2.25. The van der Waals surface area contributed by atoms with Gasteiger partial charge in [-0.25, -0.2) is 4.98 Å². The van der Waals surface area contributed by atoms with Gasteiger partial charge in [0, 0.05) is 56.1 Å². The lowest BCUT2D eigenvalue weighted by Crippen LogP contribution is -2.38. The maximum Gasteiger partial charge on any atom is 0.254 e. The fourth-order valence-corrected chi connectivity index (χ4v) is 3.69. The van der Waals surface area contributed by atoms with Crippen LogP contribution in [-0.2, 0) is 0 Å². The van der Waals surface area contributed by atoms with Crippen LogP contribution in [-0.4, -0.2) is 48.0 Å². The summed E-state index contributed by atoms with van der Waals surface area (Å²) in [5, 5.41) is 1.26. The van der Waals surface area contributed by atoms with Crippen molar-refractivity contribution in [3.8, 4) is 0 Å². The minimum absolute atomic E-state index is 0.102. The Morgan fingerprint density at radius 3 is 2.65 bits per heavy atom. The molecule has 1 fully saturated rings. The number of nitrogens with one attached hydrogen (secondary N) is 1. The van der Waals surface area contributed by atoms with Crippen molar-refractivity contribution in [2.75, 3.05) is 32.1 Å². The summed E-state index contributed by atoms with van der Waals surface area (Å²) in [7, 11) is 3.87. The van der Waals surface area contributed by atoms with Gasteiger partial charge in [0.25, 0.3) is 5.91 Å². The van der Waals surface area contributed by atoms with Crippen LogP contribution in [0.25, 0.3) is 10.9 Å². The number of para-hydroxylation sites is 1. The number of aromatic amines is 1. The molecule has 26 heavy (non-hydrogen) atoms. The number of pyridine rings is 1. The van der Waals surface area contributed by atoms with Crippen LogP contribution >= 0.6 is 0 Å². The van der Waals surface area contributed by atoms with Crippen molar-refractivity contribution in [1.29, 1.82) is 0 Å². The van der Waals surface area contributed by atoms with E-state index in [-0.39, 0.29) is 5.91 Å². The SMILES string of the molecule is CN(C)c1cc(C(=O)N2CCC(c3cc4ccccc4[nH]3)CC2)ccn1. The number of amides is 1. The highest BCUT2D eigenvalue weighted by molar-refractivity contribution is 5.95. The van der Waals surface area contributed by atoms with Gasteiger partial charge < -0.3 is 14.8 Å². The second-order valence-electron chi connectivity index (χ2n) is 7.18. The molecule has 1 aromatic carbocycles. The Bertz CT molecular complexity index is 889. The number of likely N-dealkylation sites (tertiary alicyclic amines) is 1. The summed E-state index contributed by atoms with van der Waals surface area (Å²) in [5.74, 6) is 1.40. The van der Waals surface area contributed by atoms with Crippen molar-refractivity contribution < 1.29 is 4.79 Å². The summed E-state index contributed by atoms with van der Waals surface area (Å²) >= 11 is 0. The van der Waals surface area contributed by atoms with Gasteiger partial charge in [-0.05, 0) is 42.5 Å². The molecule has 2 aromatic heterocycles. The molecule has 3 heterocycles. The van der Waals surface area contributed by atoms with Gasteiger partial charge in [-0.15, -0.1) is 0 Å². The highest BCUT2D eigenvalue weighted by Crippen LogP contribution is 2.30. The second-order valence-corrected chi connectivity index (χ2v) is 7.18. The maximum absolute atomic E-state index is 12.8. The molecule has 1 amide bonds. The molecule has 1 aliphatic rings. The number of benzene rings is 1. The Morgan fingerprint density at radius 1 is 1.15 bits per heavy atom. The predicted molar refractivity (Wildman–Crippen MR) is 105 cm³/mol. The van der Waals surface area contributed by atoms with E-state index in [0.29, 0.717) is 11.5 Å². The van der Waals surface area contributed by atoms with Crippen molar-refractivity contribution >= 4 is 22.6 Å². The Morgan fingerprint density at radius 2 is 1.92 bits per heavy atom. The largest absolute Gasteiger partial charge is 0.363 e. The van der Waals surface area contributed by atoms with Crippen molar-refractivity contribution in [2.24, 2.45) is 0 Å². The van der Waals surface area contributed by atoms with Crippen molar-refractivity contribution in [1.82, 2.24) is 14.9 Å². The van der Waals surface area contributed by atoms with Crippen LogP contribution in [0.4, 0.5) is 5.82 Å². The molecule has 1 saturated heterocycles. The Hall–Kier alpha value is -2.82. The average molecular weight is 348 g/mol. The summed E-state index contributed by atoms with van der Waals surface area (Å²) in [6.07, 6.45) is 3.69. The summed E-state index contributed by atoms with van der Waals surface area (Å²) in [5.41, 5.74) is 3.19. The zero-order valence-electron chi connectivity index (χ0n) is 15.3. The molecule has 0 saturated carbocycles. The molecular weight excluding hydrogens is 324 g/mol. The zero-order valence-corrected chi connectivity index (χ0v) is 15.3. The summed E-state index contributed by atoms with van der Waals surface area (Å²) in [6.45, 7) is 1.58. The minimum Gasteiger partial charge on any atom is -0.363 e. The lowest BCUT2D eigenvalue weighted by molar-refractivity contribution is 0.0712. The molecule has 0 aliphatic carbocycles. The van der Waals surface area contributed by atoms with Crippen molar-refractivity contribution in [3.63, 3.8) is 0 Å². The topological polar surface area (TPSA) is 52.2 Å². The number of carbonyl (C=O) groups excluding carboxylic acids is 1. The van der Waals surface area contributed by atoms with Gasteiger partial charge in [0.05, 0.1) is 0 Å². The smallest absolute Gasteiger partial charge is 0.254 e. The number of rotatable bonds is 3. The standard InChI is InChI=1S/C21H24N4O/c1-24(2)20-14-17(7-10-22-20)21(26)25-11-8-15(9-12-25)19-13-16-5-3-4-6-18(16)23-19/h3-7,10,13-15,23H,8-9,11-12H2,1-2H3. The molecule has 0 bridgehead atoms. The lowest BCUT2D eigenvalue weighted by atomic mass is 9.93. The third kappa shape index (κ3) is 3.17. The lowest BCUT2D eigenvalue weighted by Gasteiger charge is -2.31. The van der Waals surface area contributed by atoms with E-state index < -0.39 is 0 Å². The van der Waals surface area contributed by atoms with Crippen LogP contribution in [0.5, 0.6) is 0 Å². The van der Waals surface area contributed by atoms with Crippen LogP contribution in [0.3, 0.4) is 0 Å². The molecule has 3 aromatic rings. The number of hydrogen-bond donors (Lipinski definition) is 1. The number of H-pyrrole nitrogens is 1. The summed E-state index contributed by atoms with van der Waals surface area (Å²) in [6, 6.07) is 14.3. The number of aromatic nitrogens is 2. The Balaban J connectivity index is 1.44. The molecule has 1 aliphatic heterocycles. The van der Waals surface area contributed by atoms with E-state index in [1.54, 1.807) is 12.3 Å². The van der Waals surface area contributed by atoms with Crippen molar-refractivity contribution in [2.45, 2.75) is 18.8 Å². The molecule has 4 rings (SSSR count). The normalized spacial score (nSPS) is 15.4. The molecule has 5 heteroatoms. The molecule has 0 unspecified atom stereocenters. The van der Waals surface area contributed by atoms with Gasteiger partial charge >= 0.3 is 0 Å². The maximum atomic E-state index is 12.8. The molecule has 134 valence electrons. The van der Waals surface area contributed by atoms with Crippen LogP contribution in [0, 0.1) is 0 Å². The summed E-state index contributed by atoms with van der Waals surface area (Å²) in [4.78, 5) is 24.5. The Kier molecular flexibility index (Phi) is 4.37. The van der Waals surface area contributed by atoms with Crippen molar-refractivity contribution in [3.05, 3.63) is 59.9 Å². The van der Waals surface area contributed by atoms with E-state index in [9.17, 15) is 4.79 Å². The molecule has 0 atom stereocenters. The average Bonchev–Trinajstić information content (AvgIpc) is 3.12. The van der Waals surface area contributed by atoms with E-state index in [4.69, 9.17) is 0 Å². The van der Waals surface area contributed by atoms with Crippen LogP contribution in [0.2, 0.25) is 0 Å². The van der Waals surface area contributed by atoms with Gasteiger partial charge in [-0.3, -0.25) is 4.79 Å². The first-order chi connectivity index (χ1) is 12.6. The molecule has 1 N–H and O–H groups in total. The van der Waals surface area contributed by atoms with Crippen LogP contribution in [0.15, 0.2) is 48.7 Å². The predicted octanol–water partition coefficient (Wildman–Crippen LogP) is 3.65.